The monoisotopic (exact) mass is 451 g/mol. The highest BCUT2D eigenvalue weighted by atomic mass is 32.2. The van der Waals surface area contributed by atoms with E-state index in [1.807, 2.05) is 0 Å². The number of piperidine rings is 1. The number of carbonyl (C=O) groups is 3. The first-order chi connectivity index (χ1) is 14.7. The Morgan fingerprint density at radius 2 is 1.87 bits per heavy atom. The van der Waals surface area contributed by atoms with Crippen LogP contribution in [0.1, 0.15) is 32.3 Å². The van der Waals surface area contributed by atoms with Crippen molar-refractivity contribution in [2.24, 2.45) is 10.9 Å². The zero-order valence-corrected chi connectivity index (χ0v) is 18.2. The van der Waals surface area contributed by atoms with Gasteiger partial charge in [-0.1, -0.05) is 12.1 Å². The Kier molecular flexibility index (Phi) is 6.94. The minimum atomic E-state index is -3.71. The summed E-state index contributed by atoms with van der Waals surface area (Å²) in [5.41, 5.74) is 0.377. The average Bonchev–Trinajstić information content (AvgIpc) is 3.02. The molecule has 0 saturated carbocycles. The lowest BCUT2D eigenvalue weighted by atomic mass is 9.97. The molecule has 1 aromatic rings. The number of sulfonamides is 1. The number of hydrogen-bond acceptors (Lipinski definition) is 8. The molecule has 1 saturated heterocycles. The van der Waals surface area contributed by atoms with E-state index in [4.69, 9.17) is 9.47 Å². The molecule has 0 spiro atoms. The second kappa shape index (κ2) is 9.46. The molecular weight excluding hydrogens is 426 g/mol. The summed E-state index contributed by atoms with van der Waals surface area (Å²) in [6.07, 6.45) is 1.00. The number of nitrogens with one attached hydrogen (secondary N) is 1. The van der Waals surface area contributed by atoms with Crippen molar-refractivity contribution >= 4 is 33.7 Å². The normalized spacial score (nSPS) is 19.9. The van der Waals surface area contributed by atoms with E-state index in [0.717, 1.165) is 0 Å². The Morgan fingerprint density at radius 1 is 1.19 bits per heavy atom. The lowest BCUT2D eigenvalue weighted by Crippen LogP contribution is -2.42. The Balaban J connectivity index is 1.52. The van der Waals surface area contributed by atoms with Gasteiger partial charge in [0.1, 0.15) is 11.9 Å². The van der Waals surface area contributed by atoms with Crippen LogP contribution >= 0.6 is 0 Å². The van der Waals surface area contributed by atoms with Gasteiger partial charge in [0.2, 0.25) is 0 Å². The van der Waals surface area contributed by atoms with Gasteiger partial charge < -0.3 is 14.4 Å². The molecule has 31 heavy (non-hydrogen) atoms. The van der Waals surface area contributed by atoms with Gasteiger partial charge >= 0.3 is 11.9 Å². The third kappa shape index (κ3) is 5.22. The van der Waals surface area contributed by atoms with Crippen LogP contribution in [-0.2, 0) is 33.9 Å². The largest absolute Gasteiger partial charge is 0.466 e. The second-order valence-electron chi connectivity index (χ2n) is 7.27. The third-order valence-electron chi connectivity index (χ3n) is 5.13. The van der Waals surface area contributed by atoms with E-state index in [-0.39, 0.29) is 28.5 Å². The van der Waals surface area contributed by atoms with E-state index >= 15 is 0 Å². The highest BCUT2D eigenvalue weighted by molar-refractivity contribution is 7.90. The summed E-state index contributed by atoms with van der Waals surface area (Å²) in [6.45, 7) is 3.85. The van der Waals surface area contributed by atoms with Crippen molar-refractivity contribution in [3.8, 4) is 0 Å². The van der Waals surface area contributed by atoms with Crippen molar-refractivity contribution < 1.29 is 32.3 Å². The first kappa shape index (κ1) is 22.7. The zero-order valence-electron chi connectivity index (χ0n) is 17.4. The van der Waals surface area contributed by atoms with E-state index < -0.39 is 28.6 Å². The number of amidine groups is 1. The van der Waals surface area contributed by atoms with Crippen LogP contribution in [0.5, 0.6) is 0 Å². The minimum Gasteiger partial charge on any atom is -0.466 e. The molecule has 11 heteroatoms. The quantitative estimate of drug-likeness (QED) is 0.622. The van der Waals surface area contributed by atoms with E-state index in [1.54, 1.807) is 30.0 Å². The van der Waals surface area contributed by atoms with Crippen LogP contribution in [-0.4, -0.2) is 69.3 Å². The molecule has 0 radical (unpaired) electrons. The summed E-state index contributed by atoms with van der Waals surface area (Å²) in [5, 5.41) is 0. The number of fused-ring (bicyclic) bond motifs is 1. The molecule has 1 atom stereocenters. The number of esters is 2. The SMILES string of the molecule is CCOC(=O)C1CCN(C(=O)COC(=O)[C@H](C)N=C2NS(=O)(=O)c3ccccc32)CC1. The van der Waals surface area contributed by atoms with Gasteiger partial charge in [0, 0.05) is 18.7 Å². The molecule has 0 aliphatic carbocycles. The number of amides is 1. The van der Waals surface area contributed by atoms with Crippen LogP contribution in [0.3, 0.4) is 0 Å². The summed E-state index contributed by atoms with van der Waals surface area (Å²) in [4.78, 5) is 42.1. The van der Waals surface area contributed by atoms with Gasteiger partial charge in [-0.2, -0.15) is 0 Å². The summed E-state index contributed by atoms with van der Waals surface area (Å²) >= 11 is 0. The topological polar surface area (TPSA) is 131 Å². The smallest absolute Gasteiger partial charge is 0.331 e. The van der Waals surface area contributed by atoms with Crippen molar-refractivity contribution in [1.82, 2.24) is 9.62 Å². The van der Waals surface area contributed by atoms with Gasteiger partial charge in [-0.05, 0) is 38.8 Å². The summed E-state index contributed by atoms with van der Waals surface area (Å²) in [6, 6.07) is 5.30. The van der Waals surface area contributed by atoms with E-state index in [9.17, 15) is 22.8 Å². The maximum Gasteiger partial charge on any atom is 0.331 e. The number of ether oxygens (including phenoxy) is 2. The number of hydrogen-bond donors (Lipinski definition) is 1. The molecule has 1 aromatic carbocycles. The van der Waals surface area contributed by atoms with E-state index in [0.29, 0.717) is 38.1 Å². The van der Waals surface area contributed by atoms with Crippen LogP contribution in [0.25, 0.3) is 0 Å². The molecule has 0 unspecified atom stereocenters. The number of carbonyl (C=O) groups excluding carboxylic acids is 3. The van der Waals surface area contributed by atoms with Crippen LogP contribution in [0, 0.1) is 5.92 Å². The average molecular weight is 452 g/mol. The predicted octanol–water partition coefficient (Wildman–Crippen LogP) is 0.459. The van der Waals surface area contributed by atoms with Crippen LogP contribution in [0.4, 0.5) is 0 Å². The lowest BCUT2D eigenvalue weighted by Gasteiger charge is -2.30. The van der Waals surface area contributed by atoms with Crippen molar-refractivity contribution in [2.75, 3.05) is 26.3 Å². The van der Waals surface area contributed by atoms with Crippen molar-refractivity contribution in [3.05, 3.63) is 29.8 Å². The number of likely N-dealkylation sites (tertiary alicyclic amines) is 1. The molecule has 0 aromatic heterocycles. The molecule has 3 rings (SSSR count). The van der Waals surface area contributed by atoms with Crippen LogP contribution < -0.4 is 4.72 Å². The lowest BCUT2D eigenvalue weighted by molar-refractivity contribution is -0.155. The summed E-state index contributed by atoms with van der Waals surface area (Å²) in [7, 11) is -3.71. The number of aliphatic imine (C=N–C) groups is 1. The van der Waals surface area contributed by atoms with Gasteiger partial charge in [0.05, 0.1) is 17.4 Å². The van der Waals surface area contributed by atoms with Gasteiger partial charge in [-0.15, -0.1) is 0 Å². The molecule has 168 valence electrons. The fourth-order valence-electron chi connectivity index (χ4n) is 3.45. The Hall–Kier alpha value is -2.95. The molecule has 2 aliphatic rings. The highest BCUT2D eigenvalue weighted by Crippen LogP contribution is 2.23. The van der Waals surface area contributed by atoms with E-state index in [1.165, 1.54) is 13.0 Å². The maximum atomic E-state index is 12.3. The first-order valence-corrected chi connectivity index (χ1v) is 11.5. The van der Waals surface area contributed by atoms with Crippen molar-refractivity contribution in [2.45, 2.75) is 37.6 Å². The molecular formula is C20H25N3O7S. The molecule has 2 heterocycles. The molecule has 10 nitrogen and oxygen atoms in total. The predicted molar refractivity (Wildman–Crippen MR) is 110 cm³/mol. The maximum absolute atomic E-state index is 12.3. The van der Waals surface area contributed by atoms with Gasteiger partial charge in [-0.3, -0.25) is 19.3 Å². The number of rotatable bonds is 6. The second-order valence-corrected chi connectivity index (χ2v) is 8.92. The zero-order chi connectivity index (χ0) is 22.6. The molecule has 2 aliphatic heterocycles. The van der Waals surface area contributed by atoms with Crippen molar-refractivity contribution in [1.29, 1.82) is 0 Å². The summed E-state index contributed by atoms with van der Waals surface area (Å²) < 4.78 is 36.6. The number of nitrogens with zero attached hydrogens (tertiary/aromatic N) is 2. The van der Waals surface area contributed by atoms with Crippen LogP contribution in [0.15, 0.2) is 34.2 Å². The van der Waals surface area contributed by atoms with Gasteiger partial charge in [0.25, 0.3) is 15.9 Å². The fraction of sp³-hybridized carbons (Fsp3) is 0.500. The van der Waals surface area contributed by atoms with Gasteiger partial charge in [-0.25, -0.2) is 13.2 Å². The summed E-state index contributed by atoms with van der Waals surface area (Å²) in [5.74, 6) is -1.51. The number of benzene rings is 1. The Labute approximate surface area is 180 Å². The first-order valence-electron chi connectivity index (χ1n) is 10.0. The van der Waals surface area contributed by atoms with Crippen molar-refractivity contribution in [3.63, 3.8) is 0 Å². The molecule has 1 amide bonds. The molecule has 1 fully saturated rings. The fourth-order valence-corrected chi connectivity index (χ4v) is 4.68. The third-order valence-corrected chi connectivity index (χ3v) is 6.53. The molecule has 1 N–H and O–H groups in total. The Morgan fingerprint density at radius 3 is 2.55 bits per heavy atom. The molecule has 0 bridgehead atoms. The van der Waals surface area contributed by atoms with E-state index in [2.05, 4.69) is 9.71 Å². The van der Waals surface area contributed by atoms with Crippen LogP contribution in [0.2, 0.25) is 0 Å². The highest BCUT2D eigenvalue weighted by Gasteiger charge is 2.32. The Bertz CT molecular complexity index is 998. The standard InChI is InChI=1S/C20H25N3O7S/c1-3-29-20(26)14-8-10-23(11-9-14)17(24)12-30-19(25)13(2)21-18-15-6-4-5-7-16(15)31(27,28)22-18/h4-7,13-14H,3,8-12H2,1-2H3,(H,21,22)/t13-/m0/s1. The van der Waals surface area contributed by atoms with Gasteiger partial charge in [0.15, 0.2) is 6.61 Å². The minimum absolute atomic E-state index is 0.0624.